The number of benzene rings is 2. The normalized spacial score (nSPS) is 11.3. The summed E-state index contributed by atoms with van der Waals surface area (Å²) in [4.78, 5) is 20.6. The van der Waals surface area contributed by atoms with Crippen molar-refractivity contribution < 1.29 is 13.6 Å². The molecule has 3 aromatic heterocycles. The van der Waals surface area contributed by atoms with Crippen LogP contribution in [0.5, 0.6) is 0 Å². The topological polar surface area (TPSA) is 75.8 Å². The van der Waals surface area contributed by atoms with Gasteiger partial charge in [-0.05, 0) is 29.8 Å². The van der Waals surface area contributed by atoms with Crippen LogP contribution in [0.1, 0.15) is 21.9 Å². The molecule has 0 unspecified atom stereocenters. The zero-order valence-electron chi connectivity index (χ0n) is 15.4. The van der Waals surface area contributed by atoms with Crippen molar-refractivity contribution in [1.29, 1.82) is 0 Å². The lowest BCUT2D eigenvalue weighted by atomic mass is 10.2. The Hall–Kier alpha value is -3.87. The summed E-state index contributed by atoms with van der Waals surface area (Å²) in [6, 6.07) is 17.5. The molecule has 0 radical (unpaired) electrons. The molecule has 29 heavy (non-hydrogen) atoms. The fourth-order valence-electron chi connectivity index (χ4n) is 3.50. The molecule has 144 valence electrons. The van der Waals surface area contributed by atoms with Crippen molar-refractivity contribution in [1.82, 2.24) is 19.9 Å². The number of H-pyrrole nitrogens is 1. The Morgan fingerprint density at radius 1 is 1.14 bits per heavy atom. The molecule has 6 nitrogen and oxygen atoms in total. The van der Waals surface area contributed by atoms with Crippen molar-refractivity contribution in [3.05, 3.63) is 89.8 Å². The second-order valence-electron chi connectivity index (χ2n) is 6.80. The van der Waals surface area contributed by atoms with Gasteiger partial charge < -0.3 is 19.3 Å². The van der Waals surface area contributed by atoms with Gasteiger partial charge in [0.15, 0.2) is 5.58 Å². The smallest absolute Gasteiger partial charge is 0.268 e. The summed E-state index contributed by atoms with van der Waals surface area (Å²) in [5.41, 5.74) is 4.36. The van der Waals surface area contributed by atoms with E-state index >= 15 is 0 Å². The molecule has 0 aliphatic carbocycles. The van der Waals surface area contributed by atoms with Gasteiger partial charge in [0.25, 0.3) is 5.91 Å². The fraction of sp³-hybridized carbons (Fsp3) is 0.0909. The lowest BCUT2D eigenvalue weighted by Crippen LogP contribution is -2.26. The zero-order valence-corrected chi connectivity index (χ0v) is 15.4. The Labute approximate surface area is 165 Å². The summed E-state index contributed by atoms with van der Waals surface area (Å²) in [5.74, 6) is 0.105. The van der Waals surface area contributed by atoms with Crippen molar-refractivity contribution in [2.45, 2.75) is 13.1 Å². The number of hydrogen-bond acceptors (Lipinski definition) is 3. The van der Waals surface area contributed by atoms with Gasteiger partial charge in [-0.3, -0.25) is 4.79 Å². The molecule has 5 aromatic rings. The van der Waals surface area contributed by atoms with Gasteiger partial charge in [0.2, 0.25) is 0 Å². The van der Waals surface area contributed by atoms with E-state index in [2.05, 4.69) is 15.3 Å². The second-order valence-corrected chi connectivity index (χ2v) is 6.80. The van der Waals surface area contributed by atoms with E-state index in [0.717, 1.165) is 22.1 Å². The maximum atomic E-state index is 13.6. The highest BCUT2D eigenvalue weighted by Gasteiger charge is 2.18. The third kappa shape index (κ3) is 3.27. The lowest BCUT2D eigenvalue weighted by Gasteiger charge is -2.10. The summed E-state index contributed by atoms with van der Waals surface area (Å²) >= 11 is 0. The summed E-state index contributed by atoms with van der Waals surface area (Å²) in [6.07, 6.45) is 1.57. The lowest BCUT2D eigenvalue weighted by molar-refractivity contribution is 0.0941. The average Bonchev–Trinajstić information content (AvgIpc) is 3.41. The van der Waals surface area contributed by atoms with Crippen LogP contribution in [-0.2, 0) is 13.1 Å². The van der Waals surface area contributed by atoms with E-state index in [0.29, 0.717) is 23.6 Å². The van der Waals surface area contributed by atoms with Gasteiger partial charge >= 0.3 is 0 Å². The number of nitrogens with zero attached hydrogens (tertiary/aromatic N) is 2. The van der Waals surface area contributed by atoms with Crippen molar-refractivity contribution in [2.75, 3.05) is 0 Å². The number of aromatic amines is 1. The van der Waals surface area contributed by atoms with Crippen LogP contribution in [0, 0.1) is 5.82 Å². The minimum absolute atomic E-state index is 0.256. The molecular formula is C22H17FN4O2. The third-order valence-electron chi connectivity index (χ3n) is 4.84. The number of rotatable bonds is 5. The van der Waals surface area contributed by atoms with Crippen molar-refractivity contribution in [2.24, 2.45) is 0 Å². The highest BCUT2D eigenvalue weighted by molar-refractivity contribution is 5.97. The van der Waals surface area contributed by atoms with Gasteiger partial charge in [-0.1, -0.05) is 24.3 Å². The summed E-state index contributed by atoms with van der Waals surface area (Å²) in [5, 5.41) is 2.90. The van der Waals surface area contributed by atoms with E-state index in [1.165, 1.54) is 12.1 Å². The van der Waals surface area contributed by atoms with Crippen molar-refractivity contribution >= 4 is 28.0 Å². The first-order valence-electron chi connectivity index (χ1n) is 9.20. The number of fused-ring (bicyclic) bond motifs is 2. The van der Waals surface area contributed by atoms with E-state index in [9.17, 15) is 9.18 Å². The first kappa shape index (κ1) is 17.2. The van der Waals surface area contributed by atoms with Crippen LogP contribution in [0.3, 0.4) is 0 Å². The molecule has 0 bridgehead atoms. The standard InChI is InChI=1S/C22H17FN4O2/c23-15-5-3-4-14(10-15)13-27-18-8-9-29-20(18)11-19(27)22(28)24-12-21-25-16-6-1-2-7-17(16)26-21/h1-11H,12-13H2,(H,24,28)(H,25,26). The van der Waals surface area contributed by atoms with Crippen LogP contribution < -0.4 is 5.32 Å². The number of imidazole rings is 1. The molecule has 2 aromatic carbocycles. The molecule has 0 aliphatic heterocycles. The highest BCUT2D eigenvalue weighted by Crippen LogP contribution is 2.23. The van der Waals surface area contributed by atoms with Gasteiger partial charge in [-0.15, -0.1) is 0 Å². The number of amides is 1. The molecule has 5 rings (SSSR count). The molecule has 0 saturated heterocycles. The van der Waals surface area contributed by atoms with E-state index in [4.69, 9.17) is 4.42 Å². The van der Waals surface area contributed by atoms with E-state index in [1.54, 1.807) is 24.5 Å². The monoisotopic (exact) mass is 388 g/mol. The number of nitrogens with one attached hydrogen (secondary N) is 2. The Morgan fingerprint density at radius 3 is 2.90 bits per heavy atom. The molecule has 0 saturated carbocycles. The number of para-hydroxylation sites is 2. The maximum absolute atomic E-state index is 13.6. The third-order valence-corrected chi connectivity index (χ3v) is 4.84. The number of hydrogen-bond donors (Lipinski definition) is 2. The molecule has 0 spiro atoms. The van der Waals surface area contributed by atoms with Gasteiger partial charge in [0, 0.05) is 18.7 Å². The first-order chi connectivity index (χ1) is 14.2. The Bertz CT molecular complexity index is 1300. The molecular weight excluding hydrogens is 371 g/mol. The molecule has 1 amide bonds. The van der Waals surface area contributed by atoms with Crippen molar-refractivity contribution in [3.63, 3.8) is 0 Å². The highest BCUT2D eigenvalue weighted by atomic mass is 19.1. The van der Waals surface area contributed by atoms with Crippen LogP contribution in [0.2, 0.25) is 0 Å². The number of carbonyl (C=O) groups is 1. The summed E-state index contributed by atoms with van der Waals surface area (Å²) in [7, 11) is 0. The van der Waals surface area contributed by atoms with E-state index in [1.807, 2.05) is 34.9 Å². The predicted molar refractivity (Wildman–Crippen MR) is 107 cm³/mol. The van der Waals surface area contributed by atoms with Crippen LogP contribution in [-0.4, -0.2) is 20.4 Å². The van der Waals surface area contributed by atoms with Crippen LogP contribution in [0.15, 0.2) is 71.3 Å². The average molecular weight is 388 g/mol. The summed E-state index contributed by atoms with van der Waals surface area (Å²) < 4.78 is 20.9. The van der Waals surface area contributed by atoms with Crippen LogP contribution >= 0.6 is 0 Å². The zero-order chi connectivity index (χ0) is 19.8. The number of aromatic nitrogens is 3. The molecule has 0 aliphatic rings. The molecule has 7 heteroatoms. The van der Waals surface area contributed by atoms with Gasteiger partial charge in [0.1, 0.15) is 17.3 Å². The largest absolute Gasteiger partial charge is 0.463 e. The number of furan rings is 1. The fourth-order valence-corrected chi connectivity index (χ4v) is 3.50. The number of halogens is 1. The van der Waals surface area contributed by atoms with Gasteiger partial charge in [-0.25, -0.2) is 9.37 Å². The molecule has 0 atom stereocenters. The predicted octanol–water partition coefficient (Wildman–Crippen LogP) is 4.23. The van der Waals surface area contributed by atoms with Crippen LogP contribution in [0.4, 0.5) is 4.39 Å². The van der Waals surface area contributed by atoms with E-state index in [-0.39, 0.29) is 18.3 Å². The minimum Gasteiger partial charge on any atom is -0.463 e. The SMILES string of the molecule is O=C(NCc1nc2ccccc2[nH]1)c1cc2occc2n1Cc1cccc(F)c1. The van der Waals surface area contributed by atoms with Gasteiger partial charge in [0.05, 0.1) is 29.4 Å². The quantitative estimate of drug-likeness (QED) is 0.473. The minimum atomic E-state index is -0.311. The molecule has 2 N–H and O–H groups in total. The Kier molecular flexibility index (Phi) is 4.13. The second kappa shape index (κ2) is 6.94. The maximum Gasteiger partial charge on any atom is 0.268 e. The Balaban J connectivity index is 1.41. The molecule has 3 heterocycles. The first-order valence-corrected chi connectivity index (χ1v) is 9.20. The van der Waals surface area contributed by atoms with Gasteiger partial charge in [-0.2, -0.15) is 0 Å². The number of carbonyl (C=O) groups excluding carboxylic acids is 1. The Morgan fingerprint density at radius 2 is 2.03 bits per heavy atom. The van der Waals surface area contributed by atoms with Crippen LogP contribution in [0.25, 0.3) is 22.1 Å². The van der Waals surface area contributed by atoms with Crippen molar-refractivity contribution in [3.8, 4) is 0 Å². The van der Waals surface area contributed by atoms with E-state index < -0.39 is 0 Å². The summed E-state index contributed by atoms with van der Waals surface area (Å²) in [6.45, 7) is 0.619. The molecule has 0 fully saturated rings.